The zero-order valence-electron chi connectivity index (χ0n) is 9.84. The number of nitrogens with two attached hydrogens (primary N) is 1. The fourth-order valence-electron chi connectivity index (χ4n) is 1.57. The molecule has 1 heterocycles. The van der Waals surface area contributed by atoms with Gasteiger partial charge < -0.3 is 5.73 Å². The van der Waals surface area contributed by atoms with Crippen LogP contribution in [0.1, 0.15) is 5.56 Å². The maximum atomic E-state index is 11.9. The summed E-state index contributed by atoms with van der Waals surface area (Å²) in [5.41, 5.74) is 6.25. The average Bonchev–Trinajstić information content (AvgIpc) is 2.57. The van der Waals surface area contributed by atoms with E-state index in [9.17, 15) is 9.59 Å². The molecule has 1 aromatic rings. The van der Waals surface area contributed by atoms with Gasteiger partial charge in [-0.1, -0.05) is 28.1 Å². The molecule has 1 aliphatic rings. The molecule has 102 valence electrons. The largest absolute Gasteiger partial charge is 0.329 e. The van der Waals surface area contributed by atoms with Gasteiger partial charge in [-0.2, -0.15) is 0 Å². The van der Waals surface area contributed by atoms with E-state index < -0.39 is 0 Å². The molecule has 0 radical (unpaired) electrons. The Morgan fingerprint density at radius 1 is 1.37 bits per heavy atom. The van der Waals surface area contributed by atoms with Crippen molar-refractivity contribution in [2.45, 2.75) is 0 Å². The first kappa shape index (κ1) is 16.2. The Bertz CT molecular complexity index is 536. The normalized spacial score (nSPS) is 16.9. The maximum Gasteiger partial charge on any atom is 0.293 e. The highest BCUT2D eigenvalue weighted by Gasteiger charge is 2.34. The third-order valence-electron chi connectivity index (χ3n) is 2.37. The van der Waals surface area contributed by atoms with E-state index in [1.807, 2.05) is 24.3 Å². The summed E-state index contributed by atoms with van der Waals surface area (Å²) in [5, 5.41) is -0.258. The van der Waals surface area contributed by atoms with Crippen molar-refractivity contribution in [3.05, 3.63) is 39.2 Å². The zero-order valence-corrected chi connectivity index (χ0v) is 13.1. The van der Waals surface area contributed by atoms with E-state index in [0.29, 0.717) is 4.91 Å². The molecule has 0 bridgehead atoms. The van der Waals surface area contributed by atoms with E-state index in [0.717, 1.165) is 21.8 Å². The van der Waals surface area contributed by atoms with Gasteiger partial charge in [0, 0.05) is 17.6 Å². The summed E-state index contributed by atoms with van der Waals surface area (Å²) in [6.07, 6.45) is 1.71. The van der Waals surface area contributed by atoms with Crippen molar-refractivity contribution in [1.82, 2.24) is 4.90 Å². The summed E-state index contributed by atoms with van der Waals surface area (Å²) in [7, 11) is 0. The Kier molecular flexibility index (Phi) is 6.06. The van der Waals surface area contributed by atoms with Gasteiger partial charge in [-0.25, -0.2) is 0 Å². The molecule has 1 saturated heterocycles. The Balaban J connectivity index is 0.00000180. The van der Waals surface area contributed by atoms with Crippen LogP contribution < -0.4 is 5.73 Å². The van der Waals surface area contributed by atoms with E-state index >= 15 is 0 Å². The van der Waals surface area contributed by atoms with Gasteiger partial charge in [-0.15, -0.1) is 12.4 Å². The summed E-state index contributed by atoms with van der Waals surface area (Å²) in [5.74, 6) is -0.268. The van der Waals surface area contributed by atoms with Crippen molar-refractivity contribution in [2.24, 2.45) is 5.73 Å². The third kappa shape index (κ3) is 3.82. The number of thioether (sulfide) groups is 1. The van der Waals surface area contributed by atoms with Crippen LogP contribution in [0.15, 0.2) is 33.6 Å². The second-order valence-electron chi connectivity index (χ2n) is 3.68. The van der Waals surface area contributed by atoms with Gasteiger partial charge >= 0.3 is 0 Å². The molecular formula is C12H12BrClN2O2S. The van der Waals surface area contributed by atoms with Crippen LogP contribution in [0, 0.1) is 0 Å². The highest BCUT2D eigenvalue weighted by atomic mass is 79.9. The van der Waals surface area contributed by atoms with Gasteiger partial charge in [0.1, 0.15) is 0 Å². The molecule has 19 heavy (non-hydrogen) atoms. The number of nitrogens with zero attached hydrogens (tertiary/aromatic N) is 1. The fraction of sp³-hybridized carbons (Fsp3) is 0.167. The molecule has 2 N–H and O–H groups in total. The minimum Gasteiger partial charge on any atom is -0.329 e. The average molecular weight is 364 g/mol. The molecule has 0 atom stereocenters. The summed E-state index contributed by atoms with van der Waals surface area (Å²) >= 11 is 4.31. The predicted octanol–water partition coefficient (Wildman–Crippen LogP) is 2.87. The number of hydrogen-bond donors (Lipinski definition) is 1. The van der Waals surface area contributed by atoms with Crippen molar-refractivity contribution >= 4 is 57.3 Å². The lowest BCUT2D eigenvalue weighted by atomic mass is 10.2. The molecule has 0 aromatic heterocycles. The van der Waals surface area contributed by atoms with Crippen LogP contribution in [0.2, 0.25) is 0 Å². The number of amides is 2. The van der Waals surface area contributed by atoms with Crippen LogP contribution in [-0.2, 0) is 4.79 Å². The molecule has 0 saturated carbocycles. The smallest absolute Gasteiger partial charge is 0.293 e. The van der Waals surface area contributed by atoms with Crippen LogP contribution in [0.25, 0.3) is 6.08 Å². The Hall–Kier alpha value is -0.820. The third-order valence-corrected chi connectivity index (χ3v) is 3.77. The van der Waals surface area contributed by atoms with E-state index in [-0.39, 0.29) is 36.6 Å². The highest BCUT2D eigenvalue weighted by Crippen LogP contribution is 2.32. The van der Waals surface area contributed by atoms with Crippen molar-refractivity contribution in [1.29, 1.82) is 0 Å². The zero-order chi connectivity index (χ0) is 13.1. The Morgan fingerprint density at radius 2 is 2.11 bits per heavy atom. The van der Waals surface area contributed by atoms with Crippen LogP contribution in [0.4, 0.5) is 4.79 Å². The van der Waals surface area contributed by atoms with Gasteiger partial charge in [0.05, 0.1) is 4.91 Å². The SMILES string of the molecule is Cl.NCCN1C(=O)S/C(=C\c2cccc(Br)c2)C1=O. The van der Waals surface area contributed by atoms with E-state index in [4.69, 9.17) is 5.73 Å². The number of rotatable bonds is 3. The summed E-state index contributed by atoms with van der Waals surface area (Å²) in [6.45, 7) is 0.544. The first-order valence-corrected chi connectivity index (χ1v) is 6.94. The number of carbonyl (C=O) groups is 2. The highest BCUT2D eigenvalue weighted by molar-refractivity contribution is 9.10. The van der Waals surface area contributed by atoms with E-state index in [1.165, 1.54) is 4.90 Å². The lowest BCUT2D eigenvalue weighted by Crippen LogP contribution is -2.33. The molecule has 0 spiro atoms. The van der Waals surface area contributed by atoms with Crippen molar-refractivity contribution in [2.75, 3.05) is 13.1 Å². The van der Waals surface area contributed by atoms with Crippen molar-refractivity contribution < 1.29 is 9.59 Å². The minimum absolute atomic E-state index is 0. The fourth-order valence-corrected chi connectivity index (χ4v) is 2.85. The molecule has 1 aliphatic heterocycles. The molecule has 2 rings (SSSR count). The number of hydrogen-bond acceptors (Lipinski definition) is 4. The second-order valence-corrected chi connectivity index (χ2v) is 5.59. The number of benzene rings is 1. The number of carbonyl (C=O) groups excluding carboxylic acids is 2. The van der Waals surface area contributed by atoms with Crippen LogP contribution >= 0.6 is 40.1 Å². The molecule has 0 aliphatic carbocycles. The first-order valence-electron chi connectivity index (χ1n) is 5.33. The first-order chi connectivity index (χ1) is 8.61. The summed E-state index contributed by atoms with van der Waals surface area (Å²) in [6, 6.07) is 7.54. The quantitative estimate of drug-likeness (QED) is 0.839. The molecule has 2 amide bonds. The van der Waals surface area contributed by atoms with Crippen molar-refractivity contribution in [3.8, 4) is 0 Å². The number of halogens is 2. The molecule has 1 aromatic carbocycles. The molecule has 4 nitrogen and oxygen atoms in total. The Morgan fingerprint density at radius 3 is 2.74 bits per heavy atom. The lowest BCUT2D eigenvalue weighted by molar-refractivity contribution is -0.122. The maximum absolute atomic E-state index is 11.9. The lowest BCUT2D eigenvalue weighted by Gasteiger charge is -2.09. The van der Waals surface area contributed by atoms with Gasteiger partial charge in [0.2, 0.25) is 0 Å². The predicted molar refractivity (Wildman–Crippen MR) is 83.1 cm³/mol. The van der Waals surface area contributed by atoms with Gasteiger partial charge in [0.25, 0.3) is 11.1 Å². The van der Waals surface area contributed by atoms with Crippen LogP contribution in [0.5, 0.6) is 0 Å². The van der Waals surface area contributed by atoms with Crippen molar-refractivity contribution in [3.63, 3.8) is 0 Å². The molecule has 0 unspecified atom stereocenters. The van der Waals surface area contributed by atoms with E-state index in [1.54, 1.807) is 6.08 Å². The van der Waals surface area contributed by atoms with Crippen LogP contribution in [-0.4, -0.2) is 29.1 Å². The second kappa shape index (κ2) is 7.09. The van der Waals surface area contributed by atoms with Crippen LogP contribution in [0.3, 0.4) is 0 Å². The van der Waals surface area contributed by atoms with Gasteiger partial charge in [-0.3, -0.25) is 14.5 Å². The summed E-state index contributed by atoms with van der Waals surface area (Å²) in [4.78, 5) is 25.2. The topological polar surface area (TPSA) is 63.4 Å². The van der Waals surface area contributed by atoms with Gasteiger partial charge in [-0.05, 0) is 35.5 Å². The minimum atomic E-state index is -0.268. The molecular weight excluding hydrogens is 352 g/mol. The summed E-state index contributed by atoms with van der Waals surface area (Å²) < 4.78 is 0.928. The Labute approximate surface area is 129 Å². The molecule has 1 fully saturated rings. The standard InChI is InChI=1S/C12H11BrN2O2S.ClH/c13-9-3-1-2-8(6-9)7-10-11(16)15(5-4-14)12(17)18-10;/h1-3,6-7H,4-5,14H2;1H/b10-7-;. The van der Waals surface area contributed by atoms with E-state index in [2.05, 4.69) is 15.9 Å². The van der Waals surface area contributed by atoms with Gasteiger partial charge in [0.15, 0.2) is 0 Å². The molecule has 7 heteroatoms. The number of imide groups is 1. The monoisotopic (exact) mass is 362 g/mol.